The molecule has 0 aliphatic carbocycles. The summed E-state index contributed by atoms with van der Waals surface area (Å²) >= 11 is 0. The Kier molecular flexibility index (Phi) is 3.83. The van der Waals surface area contributed by atoms with Gasteiger partial charge in [-0.2, -0.15) is 5.10 Å². The van der Waals surface area contributed by atoms with Gasteiger partial charge in [0.05, 0.1) is 19.3 Å². The third kappa shape index (κ3) is 2.87. The number of nitrogens with zero attached hydrogens (tertiary/aromatic N) is 2. The molecule has 3 N–H and O–H groups in total. The minimum Gasteiger partial charge on any atom is -0.481 e. The average Bonchev–Trinajstić information content (AvgIpc) is 2.97. The highest BCUT2D eigenvalue weighted by Gasteiger charge is 2.21. The highest BCUT2D eigenvalue weighted by molar-refractivity contribution is 5.93. The fourth-order valence-corrected chi connectivity index (χ4v) is 2.34. The van der Waals surface area contributed by atoms with Gasteiger partial charge >= 0.3 is 0 Å². The minimum atomic E-state index is -0.194. The van der Waals surface area contributed by atoms with E-state index in [0.29, 0.717) is 24.7 Å². The highest BCUT2D eigenvalue weighted by Crippen LogP contribution is 2.15. The summed E-state index contributed by atoms with van der Waals surface area (Å²) in [7, 11) is 1.56. The van der Waals surface area contributed by atoms with Crippen molar-refractivity contribution in [2.75, 3.05) is 13.7 Å². The van der Waals surface area contributed by atoms with Crippen molar-refractivity contribution in [3.8, 4) is 5.88 Å². The Balaban J connectivity index is 1.67. The van der Waals surface area contributed by atoms with E-state index in [2.05, 4.69) is 25.8 Å². The maximum Gasteiger partial charge on any atom is 0.272 e. The Hall–Kier alpha value is -2.41. The number of methoxy groups -OCH3 is 1. The molecule has 1 aliphatic rings. The fourth-order valence-electron chi connectivity index (χ4n) is 2.34. The van der Waals surface area contributed by atoms with Crippen molar-refractivity contribution in [1.82, 2.24) is 25.8 Å². The molecule has 2 aromatic heterocycles. The van der Waals surface area contributed by atoms with E-state index in [1.165, 1.54) is 0 Å². The molecule has 0 spiro atoms. The molecule has 3 heterocycles. The van der Waals surface area contributed by atoms with Gasteiger partial charge in [0.25, 0.3) is 5.91 Å². The molecule has 0 aromatic carbocycles. The molecule has 0 unspecified atom stereocenters. The van der Waals surface area contributed by atoms with Gasteiger partial charge in [-0.25, -0.2) is 4.98 Å². The summed E-state index contributed by atoms with van der Waals surface area (Å²) in [5.74, 6) is 0.337. The number of fused-ring (bicyclic) bond motifs is 1. The van der Waals surface area contributed by atoms with Crippen LogP contribution in [0, 0.1) is 0 Å². The lowest BCUT2D eigenvalue weighted by atomic mass is 10.1. The number of H-pyrrole nitrogens is 1. The number of ether oxygens (including phenoxy) is 1. The van der Waals surface area contributed by atoms with Crippen LogP contribution < -0.4 is 15.4 Å². The number of pyridine rings is 1. The van der Waals surface area contributed by atoms with Crippen LogP contribution in [0.1, 0.15) is 27.4 Å². The molecule has 2 aromatic rings. The van der Waals surface area contributed by atoms with Crippen LogP contribution in [0.15, 0.2) is 18.2 Å². The topological polar surface area (TPSA) is 91.9 Å². The summed E-state index contributed by atoms with van der Waals surface area (Å²) in [6, 6.07) is 5.44. The molecule has 0 saturated carbocycles. The monoisotopic (exact) mass is 287 g/mol. The van der Waals surface area contributed by atoms with E-state index >= 15 is 0 Å². The summed E-state index contributed by atoms with van der Waals surface area (Å²) in [5, 5.41) is 13.1. The number of amides is 1. The first-order valence-corrected chi connectivity index (χ1v) is 6.83. The Morgan fingerprint density at radius 3 is 3.24 bits per heavy atom. The number of hydrogen-bond acceptors (Lipinski definition) is 5. The molecular weight excluding hydrogens is 270 g/mol. The summed E-state index contributed by atoms with van der Waals surface area (Å²) in [5.41, 5.74) is 3.20. The Morgan fingerprint density at radius 1 is 1.48 bits per heavy atom. The van der Waals surface area contributed by atoms with E-state index < -0.39 is 0 Å². The molecule has 1 amide bonds. The van der Waals surface area contributed by atoms with E-state index in [1.807, 2.05) is 12.1 Å². The van der Waals surface area contributed by atoms with Crippen molar-refractivity contribution in [3.05, 3.63) is 40.8 Å². The smallest absolute Gasteiger partial charge is 0.272 e. The Bertz CT molecular complexity index is 653. The first-order valence-electron chi connectivity index (χ1n) is 6.83. The van der Waals surface area contributed by atoms with Gasteiger partial charge in [-0.15, -0.1) is 0 Å². The summed E-state index contributed by atoms with van der Waals surface area (Å²) in [6.07, 6.45) is 0.868. The van der Waals surface area contributed by atoms with Crippen LogP contribution >= 0.6 is 0 Å². The lowest BCUT2D eigenvalue weighted by molar-refractivity contribution is 0.0944. The van der Waals surface area contributed by atoms with Gasteiger partial charge in [0.1, 0.15) is 0 Å². The molecule has 21 heavy (non-hydrogen) atoms. The van der Waals surface area contributed by atoms with Crippen LogP contribution in [-0.2, 0) is 19.5 Å². The highest BCUT2D eigenvalue weighted by atomic mass is 16.5. The van der Waals surface area contributed by atoms with E-state index in [-0.39, 0.29) is 5.91 Å². The number of rotatable bonds is 4. The number of hydrogen-bond donors (Lipinski definition) is 3. The SMILES string of the molecule is COc1cccc(CNC(=O)c2n[nH]c3c2CNCC3)n1. The van der Waals surface area contributed by atoms with E-state index in [4.69, 9.17) is 4.74 Å². The first-order chi connectivity index (χ1) is 10.3. The first kappa shape index (κ1) is 13.6. The molecule has 7 heteroatoms. The van der Waals surface area contributed by atoms with Crippen LogP contribution in [0.3, 0.4) is 0 Å². The van der Waals surface area contributed by atoms with Crippen molar-refractivity contribution in [3.63, 3.8) is 0 Å². The minimum absolute atomic E-state index is 0.194. The van der Waals surface area contributed by atoms with E-state index in [0.717, 1.165) is 29.9 Å². The standard InChI is InChI=1S/C14H17N5O2/c1-21-12-4-2-3-9(17-12)7-16-14(20)13-10-8-15-6-5-11(10)18-19-13/h2-4,15H,5-8H2,1H3,(H,16,20)(H,18,19). The van der Waals surface area contributed by atoms with Crippen molar-refractivity contribution in [2.24, 2.45) is 0 Å². The van der Waals surface area contributed by atoms with Crippen LogP contribution in [0.4, 0.5) is 0 Å². The maximum absolute atomic E-state index is 12.2. The summed E-state index contributed by atoms with van der Waals surface area (Å²) in [6.45, 7) is 1.92. The predicted molar refractivity (Wildman–Crippen MR) is 76.0 cm³/mol. The molecular formula is C14H17N5O2. The lowest BCUT2D eigenvalue weighted by Crippen LogP contribution is -2.28. The van der Waals surface area contributed by atoms with E-state index in [1.54, 1.807) is 13.2 Å². The molecule has 0 radical (unpaired) electrons. The number of aromatic nitrogens is 3. The van der Waals surface area contributed by atoms with E-state index in [9.17, 15) is 4.79 Å². The predicted octanol–water partition coefficient (Wildman–Crippen LogP) is 0.389. The molecule has 1 aliphatic heterocycles. The quantitative estimate of drug-likeness (QED) is 0.756. The summed E-state index contributed by atoms with van der Waals surface area (Å²) in [4.78, 5) is 16.5. The molecule has 7 nitrogen and oxygen atoms in total. The number of carbonyl (C=O) groups is 1. The van der Waals surface area contributed by atoms with Crippen LogP contribution in [-0.4, -0.2) is 34.7 Å². The Labute approximate surface area is 122 Å². The average molecular weight is 287 g/mol. The third-order valence-corrected chi connectivity index (χ3v) is 3.44. The molecule has 0 fully saturated rings. The fraction of sp³-hybridized carbons (Fsp3) is 0.357. The lowest BCUT2D eigenvalue weighted by Gasteiger charge is -2.12. The van der Waals surface area contributed by atoms with Crippen molar-refractivity contribution in [1.29, 1.82) is 0 Å². The number of carbonyl (C=O) groups excluding carboxylic acids is 1. The van der Waals surface area contributed by atoms with Crippen molar-refractivity contribution >= 4 is 5.91 Å². The second-order valence-electron chi connectivity index (χ2n) is 4.81. The zero-order valence-corrected chi connectivity index (χ0v) is 11.8. The van der Waals surface area contributed by atoms with Gasteiger partial charge in [-0.3, -0.25) is 9.89 Å². The second-order valence-corrected chi connectivity index (χ2v) is 4.81. The zero-order valence-electron chi connectivity index (χ0n) is 11.8. The van der Waals surface area contributed by atoms with Crippen molar-refractivity contribution in [2.45, 2.75) is 19.5 Å². The molecule has 0 bridgehead atoms. The largest absolute Gasteiger partial charge is 0.481 e. The molecule has 110 valence electrons. The van der Waals surface area contributed by atoms with Crippen LogP contribution in [0.2, 0.25) is 0 Å². The Morgan fingerprint density at radius 2 is 2.38 bits per heavy atom. The normalized spacial score (nSPS) is 13.6. The van der Waals surface area contributed by atoms with Gasteiger partial charge < -0.3 is 15.4 Å². The number of nitrogens with one attached hydrogen (secondary N) is 3. The molecule has 3 rings (SSSR count). The van der Waals surface area contributed by atoms with Gasteiger partial charge in [-0.1, -0.05) is 6.07 Å². The van der Waals surface area contributed by atoms with Gasteiger partial charge in [-0.05, 0) is 6.07 Å². The van der Waals surface area contributed by atoms with Gasteiger partial charge in [0.2, 0.25) is 5.88 Å². The molecule has 0 atom stereocenters. The van der Waals surface area contributed by atoms with Gasteiger partial charge in [0.15, 0.2) is 5.69 Å². The van der Waals surface area contributed by atoms with Crippen LogP contribution in [0.5, 0.6) is 5.88 Å². The summed E-state index contributed by atoms with van der Waals surface area (Å²) < 4.78 is 5.06. The molecule has 0 saturated heterocycles. The van der Waals surface area contributed by atoms with Crippen molar-refractivity contribution < 1.29 is 9.53 Å². The van der Waals surface area contributed by atoms with Crippen LogP contribution in [0.25, 0.3) is 0 Å². The number of aromatic amines is 1. The zero-order chi connectivity index (χ0) is 14.7. The third-order valence-electron chi connectivity index (χ3n) is 3.44. The van der Waals surface area contributed by atoms with Gasteiger partial charge in [0, 0.05) is 36.8 Å². The second kappa shape index (κ2) is 5.92. The maximum atomic E-state index is 12.2.